The Morgan fingerprint density at radius 3 is 2.62 bits per heavy atom. The Morgan fingerprint density at radius 2 is 2.00 bits per heavy atom. The quantitative estimate of drug-likeness (QED) is 0.849. The first-order valence-corrected chi connectivity index (χ1v) is 9.64. The van der Waals surface area contributed by atoms with Crippen LogP contribution in [0.2, 0.25) is 0 Å². The SMILES string of the molecule is COc1ccc(S(=O)(=O)N2CCc3oc(C4CCC4)nc3C2)cc1. The van der Waals surface area contributed by atoms with Gasteiger partial charge in [0.05, 0.1) is 24.2 Å². The molecule has 1 aromatic heterocycles. The van der Waals surface area contributed by atoms with Gasteiger partial charge in [-0.3, -0.25) is 0 Å². The predicted molar refractivity (Wildman–Crippen MR) is 87.4 cm³/mol. The zero-order valence-corrected chi connectivity index (χ0v) is 14.4. The number of aromatic nitrogens is 1. The summed E-state index contributed by atoms with van der Waals surface area (Å²) in [6, 6.07) is 6.47. The molecule has 0 atom stereocenters. The number of sulfonamides is 1. The van der Waals surface area contributed by atoms with E-state index in [0.29, 0.717) is 24.6 Å². The molecule has 1 aliphatic carbocycles. The largest absolute Gasteiger partial charge is 0.497 e. The average molecular weight is 348 g/mol. The van der Waals surface area contributed by atoms with Gasteiger partial charge in [0, 0.05) is 18.9 Å². The standard InChI is InChI=1S/C17H20N2O4S/c1-22-13-5-7-14(8-6-13)24(20,21)19-10-9-16-15(11-19)18-17(23-16)12-3-2-4-12/h5-8,12H,2-4,9-11H2,1H3. The van der Waals surface area contributed by atoms with Crippen molar-refractivity contribution < 1.29 is 17.6 Å². The van der Waals surface area contributed by atoms with E-state index in [4.69, 9.17) is 9.15 Å². The molecule has 128 valence electrons. The van der Waals surface area contributed by atoms with E-state index in [0.717, 1.165) is 30.2 Å². The maximum atomic E-state index is 12.8. The van der Waals surface area contributed by atoms with Gasteiger partial charge in [-0.05, 0) is 37.1 Å². The van der Waals surface area contributed by atoms with Crippen LogP contribution in [0.3, 0.4) is 0 Å². The van der Waals surface area contributed by atoms with Crippen LogP contribution in [0.1, 0.15) is 42.5 Å². The molecule has 2 aliphatic rings. The van der Waals surface area contributed by atoms with Gasteiger partial charge in [-0.15, -0.1) is 0 Å². The fourth-order valence-corrected chi connectivity index (χ4v) is 4.53. The molecular weight excluding hydrogens is 328 g/mol. The molecule has 0 radical (unpaired) electrons. The van der Waals surface area contributed by atoms with Crippen molar-refractivity contribution in [2.24, 2.45) is 0 Å². The van der Waals surface area contributed by atoms with E-state index in [-0.39, 0.29) is 11.4 Å². The normalized spacial score (nSPS) is 18.9. The summed E-state index contributed by atoms with van der Waals surface area (Å²) in [4.78, 5) is 4.84. The van der Waals surface area contributed by atoms with Crippen molar-refractivity contribution in [1.82, 2.24) is 9.29 Å². The van der Waals surface area contributed by atoms with Crippen molar-refractivity contribution in [2.75, 3.05) is 13.7 Å². The fourth-order valence-electron chi connectivity index (χ4n) is 3.13. The number of rotatable bonds is 4. The molecule has 2 heterocycles. The van der Waals surface area contributed by atoms with Gasteiger partial charge in [-0.2, -0.15) is 4.31 Å². The van der Waals surface area contributed by atoms with E-state index in [1.54, 1.807) is 31.4 Å². The second-order valence-corrected chi connectivity index (χ2v) is 8.25. The minimum atomic E-state index is -3.54. The van der Waals surface area contributed by atoms with Crippen LogP contribution >= 0.6 is 0 Å². The van der Waals surface area contributed by atoms with Gasteiger partial charge in [0.15, 0.2) is 5.89 Å². The van der Waals surface area contributed by atoms with Crippen molar-refractivity contribution in [1.29, 1.82) is 0 Å². The second-order valence-electron chi connectivity index (χ2n) is 6.31. The monoisotopic (exact) mass is 348 g/mol. The molecule has 0 N–H and O–H groups in total. The molecule has 1 saturated carbocycles. The van der Waals surface area contributed by atoms with E-state index >= 15 is 0 Å². The van der Waals surface area contributed by atoms with Crippen molar-refractivity contribution in [3.63, 3.8) is 0 Å². The summed E-state index contributed by atoms with van der Waals surface area (Å²) >= 11 is 0. The third kappa shape index (κ3) is 2.61. The molecule has 1 aliphatic heterocycles. The van der Waals surface area contributed by atoms with E-state index in [1.165, 1.54) is 10.7 Å². The van der Waals surface area contributed by atoms with Gasteiger partial charge in [0.25, 0.3) is 0 Å². The number of nitrogens with zero attached hydrogens (tertiary/aromatic N) is 2. The van der Waals surface area contributed by atoms with Crippen LogP contribution in [0.5, 0.6) is 5.75 Å². The zero-order chi connectivity index (χ0) is 16.7. The van der Waals surface area contributed by atoms with Crippen LogP contribution in [0.25, 0.3) is 0 Å². The topological polar surface area (TPSA) is 72.6 Å². The summed E-state index contributed by atoms with van der Waals surface area (Å²) in [5, 5.41) is 0. The van der Waals surface area contributed by atoms with Crippen LogP contribution in [-0.2, 0) is 23.0 Å². The molecule has 4 rings (SSSR count). The average Bonchev–Trinajstić information content (AvgIpc) is 2.95. The number of hydrogen-bond acceptors (Lipinski definition) is 5. The first kappa shape index (κ1) is 15.7. The molecule has 0 amide bonds. The zero-order valence-electron chi connectivity index (χ0n) is 13.6. The Kier molecular flexibility index (Phi) is 3.85. The maximum Gasteiger partial charge on any atom is 0.243 e. The van der Waals surface area contributed by atoms with Gasteiger partial charge in [0.2, 0.25) is 10.0 Å². The Bertz CT molecular complexity index is 838. The summed E-state index contributed by atoms with van der Waals surface area (Å²) in [5.74, 6) is 2.69. The lowest BCUT2D eigenvalue weighted by Crippen LogP contribution is -2.35. The Labute approximate surface area is 141 Å². The van der Waals surface area contributed by atoms with Crippen LogP contribution < -0.4 is 4.74 Å². The van der Waals surface area contributed by atoms with E-state index in [2.05, 4.69) is 4.98 Å². The summed E-state index contributed by atoms with van der Waals surface area (Å²) in [6.45, 7) is 0.695. The summed E-state index contributed by atoms with van der Waals surface area (Å²) < 4.78 is 38.1. The summed E-state index contributed by atoms with van der Waals surface area (Å²) in [7, 11) is -1.98. The van der Waals surface area contributed by atoms with Crippen LogP contribution in [0, 0.1) is 0 Å². The molecule has 6 nitrogen and oxygen atoms in total. The molecule has 2 aromatic rings. The molecule has 1 fully saturated rings. The maximum absolute atomic E-state index is 12.8. The molecule has 0 spiro atoms. The highest BCUT2D eigenvalue weighted by atomic mass is 32.2. The molecule has 1 aromatic carbocycles. The van der Waals surface area contributed by atoms with Crippen LogP contribution in [-0.4, -0.2) is 31.4 Å². The van der Waals surface area contributed by atoms with E-state index < -0.39 is 10.0 Å². The van der Waals surface area contributed by atoms with Crippen LogP contribution in [0.15, 0.2) is 33.6 Å². The number of benzene rings is 1. The van der Waals surface area contributed by atoms with Gasteiger partial charge < -0.3 is 9.15 Å². The van der Waals surface area contributed by atoms with Gasteiger partial charge in [-0.1, -0.05) is 6.42 Å². The smallest absolute Gasteiger partial charge is 0.243 e. The number of hydrogen-bond donors (Lipinski definition) is 0. The van der Waals surface area contributed by atoms with E-state index in [1.807, 2.05) is 0 Å². The van der Waals surface area contributed by atoms with Crippen molar-refractivity contribution in [3.05, 3.63) is 41.6 Å². The molecular formula is C17H20N2O4S. The molecule has 0 bridgehead atoms. The number of ether oxygens (including phenoxy) is 1. The van der Waals surface area contributed by atoms with Gasteiger partial charge in [0.1, 0.15) is 11.5 Å². The minimum Gasteiger partial charge on any atom is -0.497 e. The summed E-state index contributed by atoms with van der Waals surface area (Å²) in [6.07, 6.45) is 4.03. The van der Waals surface area contributed by atoms with Crippen molar-refractivity contribution in [3.8, 4) is 5.75 Å². The van der Waals surface area contributed by atoms with Crippen LogP contribution in [0.4, 0.5) is 0 Å². The lowest BCUT2D eigenvalue weighted by molar-refractivity contribution is 0.314. The Hall–Kier alpha value is -1.86. The molecule has 24 heavy (non-hydrogen) atoms. The number of oxazole rings is 1. The molecule has 0 unspecified atom stereocenters. The van der Waals surface area contributed by atoms with Crippen molar-refractivity contribution in [2.45, 2.75) is 43.0 Å². The highest BCUT2D eigenvalue weighted by Gasteiger charge is 2.33. The minimum absolute atomic E-state index is 0.273. The lowest BCUT2D eigenvalue weighted by atomic mass is 9.85. The highest BCUT2D eigenvalue weighted by Crippen LogP contribution is 2.37. The highest BCUT2D eigenvalue weighted by molar-refractivity contribution is 7.89. The van der Waals surface area contributed by atoms with E-state index in [9.17, 15) is 8.42 Å². The third-order valence-corrected chi connectivity index (χ3v) is 6.72. The predicted octanol–water partition coefficient (Wildman–Crippen LogP) is 2.70. The van der Waals surface area contributed by atoms with Gasteiger partial charge >= 0.3 is 0 Å². The first-order chi connectivity index (χ1) is 11.6. The van der Waals surface area contributed by atoms with Gasteiger partial charge in [-0.25, -0.2) is 13.4 Å². The summed E-state index contributed by atoms with van der Waals surface area (Å²) in [5.41, 5.74) is 0.764. The second kappa shape index (κ2) is 5.89. The Morgan fingerprint density at radius 1 is 1.25 bits per heavy atom. The lowest BCUT2D eigenvalue weighted by Gasteiger charge is -2.24. The molecule has 7 heteroatoms. The first-order valence-electron chi connectivity index (χ1n) is 8.20. The third-order valence-electron chi connectivity index (χ3n) is 4.86. The molecule has 0 saturated heterocycles. The number of fused-ring (bicyclic) bond motifs is 1. The number of methoxy groups -OCH3 is 1. The Balaban J connectivity index is 1.57. The van der Waals surface area contributed by atoms with Crippen molar-refractivity contribution >= 4 is 10.0 Å². The fraction of sp³-hybridized carbons (Fsp3) is 0.471.